The molecule has 0 aliphatic carbocycles. The highest BCUT2D eigenvalue weighted by atomic mass is 31.2. The summed E-state index contributed by atoms with van der Waals surface area (Å²) in [6.07, 6.45) is 47.0. The largest absolute Gasteiger partial charge is 0.756 e. The van der Waals surface area contributed by atoms with Gasteiger partial charge in [-0.15, -0.1) is 0 Å². The number of hydrogen-bond acceptors (Lipinski definition) is 8. The molecule has 0 radical (unpaired) electrons. The fourth-order valence-corrected chi connectivity index (χ4v) is 8.50. The molecule has 0 rings (SSSR count). The van der Waals surface area contributed by atoms with Crippen LogP contribution >= 0.6 is 7.82 Å². The molecule has 9 nitrogen and oxygen atoms in total. The highest BCUT2D eigenvalue weighted by Crippen LogP contribution is 2.38. The molecule has 0 bridgehead atoms. The fourth-order valence-electron chi connectivity index (χ4n) is 7.78. The minimum atomic E-state index is -4.62. The van der Waals surface area contributed by atoms with E-state index < -0.39 is 26.5 Å². The summed E-state index contributed by atoms with van der Waals surface area (Å²) >= 11 is 0. The van der Waals surface area contributed by atoms with E-state index in [9.17, 15) is 19.0 Å². The monoisotopic (exact) mass is 888 g/mol. The van der Waals surface area contributed by atoms with Crippen LogP contribution in [0.15, 0.2) is 0 Å². The van der Waals surface area contributed by atoms with Crippen molar-refractivity contribution in [1.82, 2.24) is 0 Å². The number of phosphoric ester groups is 1. The second-order valence-corrected chi connectivity index (χ2v) is 20.7. The minimum Gasteiger partial charge on any atom is -0.756 e. The molecule has 0 aliphatic heterocycles. The minimum absolute atomic E-state index is 0.0253. The lowest BCUT2D eigenvalue weighted by Crippen LogP contribution is -2.37. The van der Waals surface area contributed by atoms with Crippen molar-refractivity contribution < 1.29 is 42.1 Å². The molecule has 2 unspecified atom stereocenters. The van der Waals surface area contributed by atoms with Crippen LogP contribution in [0.25, 0.3) is 0 Å². The Morgan fingerprint density at radius 3 is 1.05 bits per heavy atom. The number of unbranched alkanes of at least 4 members (excludes halogenated alkanes) is 35. The lowest BCUT2D eigenvalue weighted by molar-refractivity contribution is -0.870. The second kappa shape index (κ2) is 44.2. The third kappa shape index (κ3) is 48.3. The average molecular weight is 888 g/mol. The van der Waals surface area contributed by atoms with Crippen molar-refractivity contribution in [3.05, 3.63) is 0 Å². The van der Waals surface area contributed by atoms with Crippen LogP contribution in [0.2, 0.25) is 0 Å². The lowest BCUT2D eigenvalue weighted by atomic mass is 10.0. The van der Waals surface area contributed by atoms with E-state index in [0.717, 1.165) is 32.1 Å². The Balaban J connectivity index is 4.18. The topological polar surface area (TPSA) is 111 Å². The van der Waals surface area contributed by atoms with Crippen LogP contribution in [-0.4, -0.2) is 70.0 Å². The van der Waals surface area contributed by atoms with Crippen LogP contribution in [0.4, 0.5) is 0 Å². The first-order chi connectivity index (χ1) is 29.5. The zero-order valence-corrected chi connectivity index (χ0v) is 42.0. The van der Waals surface area contributed by atoms with Crippen molar-refractivity contribution in [1.29, 1.82) is 0 Å². The van der Waals surface area contributed by atoms with Crippen molar-refractivity contribution in [3.8, 4) is 0 Å². The maximum atomic E-state index is 12.7. The van der Waals surface area contributed by atoms with Crippen molar-refractivity contribution >= 4 is 19.8 Å². The fraction of sp³-hybridized carbons (Fsp3) is 0.961. The zero-order chi connectivity index (χ0) is 45.0. The third-order valence-corrected chi connectivity index (χ3v) is 12.8. The zero-order valence-electron chi connectivity index (χ0n) is 41.1. The standard InChI is InChI=1S/C51H102NO8P/c1-6-8-10-12-14-16-18-20-22-24-25-26-28-29-31-33-35-37-39-41-43-50(53)57-47-49(48-59-61(55,56)58-46-45-52(3,4)5)60-51(54)44-42-40-38-36-34-32-30-27-23-21-19-17-15-13-11-9-7-2/h49H,6-48H2,1-5H3. The lowest BCUT2D eigenvalue weighted by Gasteiger charge is -2.28. The van der Waals surface area contributed by atoms with Crippen molar-refractivity contribution in [2.75, 3.05) is 47.5 Å². The van der Waals surface area contributed by atoms with Gasteiger partial charge in [-0.2, -0.15) is 0 Å². The number of carbonyl (C=O) groups excluding carboxylic acids is 2. The highest BCUT2D eigenvalue weighted by molar-refractivity contribution is 7.45. The first kappa shape index (κ1) is 60.0. The van der Waals surface area contributed by atoms with Crippen LogP contribution in [0.1, 0.15) is 264 Å². The van der Waals surface area contributed by atoms with Gasteiger partial charge in [0, 0.05) is 12.8 Å². The molecule has 61 heavy (non-hydrogen) atoms. The summed E-state index contributed by atoms with van der Waals surface area (Å²) in [5.41, 5.74) is 0. The maximum Gasteiger partial charge on any atom is 0.306 e. The normalized spacial score (nSPS) is 13.3. The van der Waals surface area contributed by atoms with Crippen LogP contribution in [0, 0.1) is 0 Å². The smallest absolute Gasteiger partial charge is 0.306 e. The van der Waals surface area contributed by atoms with Gasteiger partial charge in [0.05, 0.1) is 27.7 Å². The third-order valence-electron chi connectivity index (χ3n) is 11.9. The molecular weight excluding hydrogens is 786 g/mol. The Bertz CT molecular complexity index is 1010. The maximum absolute atomic E-state index is 12.7. The Labute approximate surface area is 378 Å². The summed E-state index contributed by atoms with van der Waals surface area (Å²) in [4.78, 5) is 37.7. The van der Waals surface area contributed by atoms with Gasteiger partial charge in [-0.05, 0) is 12.8 Å². The quantitative estimate of drug-likeness (QED) is 0.0257. The summed E-state index contributed by atoms with van der Waals surface area (Å²) < 4.78 is 34.1. The average Bonchev–Trinajstić information content (AvgIpc) is 3.21. The van der Waals surface area contributed by atoms with Crippen LogP contribution in [0.5, 0.6) is 0 Å². The molecule has 0 saturated heterocycles. The Morgan fingerprint density at radius 2 is 0.738 bits per heavy atom. The first-order valence-corrected chi connectivity index (χ1v) is 27.7. The molecule has 0 aromatic rings. The molecule has 0 aromatic heterocycles. The van der Waals surface area contributed by atoms with E-state index in [2.05, 4.69) is 13.8 Å². The van der Waals surface area contributed by atoms with E-state index in [1.165, 1.54) is 199 Å². The number of likely N-dealkylation sites (N-methyl/N-ethyl adjacent to an activating group) is 1. The number of esters is 2. The molecular formula is C51H102NO8P. The second-order valence-electron chi connectivity index (χ2n) is 19.3. The van der Waals surface area contributed by atoms with Crippen LogP contribution in [-0.2, 0) is 32.7 Å². The van der Waals surface area contributed by atoms with Crippen molar-refractivity contribution in [3.63, 3.8) is 0 Å². The number of hydrogen-bond donors (Lipinski definition) is 0. The van der Waals surface area contributed by atoms with Gasteiger partial charge in [0.1, 0.15) is 19.8 Å². The van der Waals surface area contributed by atoms with Gasteiger partial charge in [-0.1, -0.05) is 239 Å². The molecule has 0 fully saturated rings. The molecule has 0 spiro atoms. The van der Waals surface area contributed by atoms with Gasteiger partial charge in [-0.25, -0.2) is 0 Å². The Hall–Kier alpha value is -0.990. The number of nitrogens with zero attached hydrogens (tertiary/aromatic N) is 1. The van der Waals surface area contributed by atoms with Gasteiger partial charge in [0.25, 0.3) is 7.82 Å². The number of phosphoric acid groups is 1. The van der Waals surface area contributed by atoms with Crippen LogP contribution in [0.3, 0.4) is 0 Å². The molecule has 2 atom stereocenters. The first-order valence-electron chi connectivity index (χ1n) is 26.2. The van der Waals surface area contributed by atoms with Gasteiger partial charge in [0.15, 0.2) is 6.10 Å². The summed E-state index contributed by atoms with van der Waals surface area (Å²) in [5, 5.41) is 0. The SMILES string of the molecule is CCCCCCCCCCCCCCCCCCCCCCC(=O)OCC(COP(=O)([O-])OCC[N+](C)(C)C)OC(=O)CCCCCCCCCCCCCCCCCCC. The molecule has 10 heteroatoms. The summed E-state index contributed by atoms with van der Waals surface area (Å²) in [5.74, 6) is -0.812. The molecule has 0 heterocycles. The van der Waals surface area contributed by atoms with Crippen LogP contribution < -0.4 is 4.89 Å². The number of rotatable bonds is 49. The summed E-state index contributed by atoms with van der Waals surface area (Å²) in [6.45, 7) is 4.30. The highest BCUT2D eigenvalue weighted by Gasteiger charge is 2.21. The predicted octanol–water partition coefficient (Wildman–Crippen LogP) is 14.9. The molecule has 0 saturated carbocycles. The summed E-state index contributed by atoms with van der Waals surface area (Å²) in [6, 6.07) is 0. The molecule has 0 aromatic carbocycles. The van der Waals surface area contributed by atoms with Gasteiger partial charge < -0.3 is 27.9 Å². The van der Waals surface area contributed by atoms with E-state index in [0.29, 0.717) is 17.4 Å². The van der Waals surface area contributed by atoms with Gasteiger partial charge in [0.2, 0.25) is 0 Å². The molecule has 0 N–H and O–H groups in total. The van der Waals surface area contributed by atoms with E-state index in [1.807, 2.05) is 21.1 Å². The summed E-state index contributed by atoms with van der Waals surface area (Å²) in [7, 11) is 1.19. The van der Waals surface area contributed by atoms with Crippen molar-refractivity contribution in [2.45, 2.75) is 270 Å². The number of carbonyl (C=O) groups is 2. The van der Waals surface area contributed by atoms with E-state index in [-0.39, 0.29) is 32.0 Å². The van der Waals surface area contributed by atoms with Gasteiger partial charge in [-0.3, -0.25) is 14.2 Å². The van der Waals surface area contributed by atoms with Gasteiger partial charge >= 0.3 is 11.9 Å². The van der Waals surface area contributed by atoms with E-state index >= 15 is 0 Å². The number of ether oxygens (including phenoxy) is 2. The van der Waals surface area contributed by atoms with E-state index in [4.69, 9.17) is 18.5 Å². The Morgan fingerprint density at radius 1 is 0.443 bits per heavy atom. The molecule has 0 aliphatic rings. The van der Waals surface area contributed by atoms with Crippen molar-refractivity contribution in [2.24, 2.45) is 0 Å². The molecule has 364 valence electrons. The molecule has 0 amide bonds. The Kier molecular flexibility index (Phi) is 43.5. The predicted molar refractivity (Wildman–Crippen MR) is 255 cm³/mol. The van der Waals surface area contributed by atoms with E-state index in [1.54, 1.807) is 0 Å². The number of quaternary nitrogens is 1.